The van der Waals surface area contributed by atoms with Crippen molar-refractivity contribution in [3.05, 3.63) is 22.7 Å². The summed E-state index contributed by atoms with van der Waals surface area (Å²) < 4.78 is 5.23. The number of benzene rings is 1. The molecule has 2 N–H and O–H groups in total. The van der Waals surface area contributed by atoms with Crippen LogP contribution in [0.25, 0.3) is 0 Å². The molecule has 0 saturated heterocycles. The van der Waals surface area contributed by atoms with E-state index in [4.69, 9.17) is 0 Å². The van der Waals surface area contributed by atoms with Gasteiger partial charge in [0, 0.05) is 18.9 Å². The number of hydrogen-bond acceptors (Lipinski definition) is 3. The number of aromatic hydroxyl groups is 1. The second-order valence-corrected chi connectivity index (χ2v) is 3.50. The second kappa shape index (κ2) is 4.97. The molecule has 0 aliphatic rings. The van der Waals surface area contributed by atoms with Crippen LogP contribution < -0.4 is 5.32 Å². The number of halogens is 1. The number of methoxy groups -OCH3 is 1. The van der Waals surface area contributed by atoms with Gasteiger partial charge in [-0.25, -0.2) is 0 Å². The maximum Gasteiger partial charge on any atom is 0.250 e. The van der Waals surface area contributed by atoms with Crippen molar-refractivity contribution in [3.63, 3.8) is 0 Å². The Bertz CT molecular complexity index is 341. The first-order valence-electron chi connectivity index (χ1n) is 3.91. The second-order valence-electron chi connectivity index (χ2n) is 2.65. The summed E-state index contributed by atoms with van der Waals surface area (Å²) in [5.74, 6) is -0.172. The zero-order chi connectivity index (χ0) is 10.6. The van der Waals surface area contributed by atoms with E-state index in [-0.39, 0.29) is 18.3 Å². The van der Waals surface area contributed by atoms with Gasteiger partial charge in [-0.3, -0.25) is 4.79 Å². The highest BCUT2D eigenvalue weighted by Gasteiger charge is 2.03. The molecule has 1 aromatic carbocycles. The molecule has 0 unspecified atom stereocenters. The predicted octanol–water partition coefficient (Wildman–Crippen LogP) is 1.74. The number of carbonyl (C=O) groups excluding carboxylic acids is 1. The minimum Gasteiger partial charge on any atom is -0.507 e. The summed E-state index contributed by atoms with van der Waals surface area (Å²) in [6.45, 7) is -0.00315. The van der Waals surface area contributed by atoms with Crippen LogP contribution in [0, 0.1) is 0 Å². The highest BCUT2D eigenvalue weighted by atomic mass is 79.9. The van der Waals surface area contributed by atoms with Crippen molar-refractivity contribution < 1.29 is 14.6 Å². The first kappa shape index (κ1) is 11.0. The number of phenolic OH excluding ortho intramolecular Hbond substituents is 1. The van der Waals surface area contributed by atoms with Gasteiger partial charge >= 0.3 is 0 Å². The molecular formula is C9H10BrNO3. The molecule has 0 heterocycles. The fourth-order valence-electron chi connectivity index (χ4n) is 0.919. The van der Waals surface area contributed by atoms with Gasteiger partial charge in [0.05, 0.1) is 4.47 Å². The molecule has 76 valence electrons. The molecule has 0 saturated carbocycles. The maximum absolute atomic E-state index is 11.1. The zero-order valence-corrected chi connectivity index (χ0v) is 9.17. The fourth-order valence-corrected chi connectivity index (χ4v) is 1.17. The molecule has 1 rings (SSSR count). The van der Waals surface area contributed by atoms with E-state index in [2.05, 4.69) is 26.0 Å². The summed E-state index contributed by atoms with van der Waals surface area (Å²) in [6, 6.07) is 4.78. The molecule has 0 bridgehead atoms. The summed E-state index contributed by atoms with van der Waals surface area (Å²) in [4.78, 5) is 11.1. The van der Waals surface area contributed by atoms with Gasteiger partial charge in [-0.1, -0.05) is 0 Å². The van der Waals surface area contributed by atoms with Crippen molar-refractivity contribution >= 4 is 27.5 Å². The normalized spacial score (nSPS) is 9.86. The Morgan fingerprint density at radius 1 is 1.64 bits per heavy atom. The van der Waals surface area contributed by atoms with Gasteiger partial charge in [-0.15, -0.1) is 0 Å². The van der Waals surface area contributed by atoms with E-state index in [9.17, 15) is 9.90 Å². The van der Waals surface area contributed by atoms with E-state index < -0.39 is 0 Å². The fraction of sp³-hybridized carbons (Fsp3) is 0.222. The molecule has 0 aliphatic carbocycles. The molecule has 0 aromatic heterocycles. The van der Waals surface area contributed by atoms with E-state index in [1.165, 1.54) is 13.2 Å². The van der Waals surface area contributed by atoms with E-state index >= 15 is 0 Å². The monoisotopic (exact) mass is 259 g/mol. The van der Waals surface area contributed by atoms with Crippen LogP contribution in [0.1, 0.15) is 0 Å². The number of ether oxygens (including phenoxy) is 1. The van der Waals surface area contributed by atoms with E-state index in [0.29, 0.717) is 10.2 Å². The number of hydrogen-bond donors (Lipinski definition) is 2. The van der Waals surface area contributed by atoms with Crippen LogP contribution in [0.5, 0.6) is 5.75 Å². The third-order valence-corrected chi connectivity index (χ3v) is 2.18. The van der Waals surface area contributed by atoms with Gasteiger partial charge in [0.15, 0.2) is 0 Å². The lowest BCUT2D eigenvalue weighted by Gasteiger charge is -2.05. The first-order valence-corrected chi connectivity index (χ1v) is 4.70. The molecule has 0 fully saturated rings. The molecule has 1 aromatic rings. The lowest BCUT2D eigenvalue weighted by molar-refractivity contribution is -0.119. The Morgan fingerprint density at radius 2 is 2.36 bits per heavy atom. The Morgan fingerprint density at radius 3 is 2.93 bits per heavy atom. The number of rotatable bonds is 3. The van der Waals surface area contributed by atoms with Gasteiger partial charge in [0.1, 0.15) is 12.4 Å². The molecule has 0 spiro atoms. The van der Waals surface area contributed by atoms with Crippen molar-refractivity contribution in [1.29, 1.82) is 0 Å². The van der Waals surface area contributed by atoms with Crippen molar-refractivity contribution in [1.82, 2.24) is 0 Å². The lowest BCUT2D eigenvalue weighted by atomic mass is 10.3. The minimum absolute atomic E-state index is 0.00315. The molecule has 1 amide bonds. The molecule has 4 nitrogen and oxygen atoms in total. The summed E-state index contributed by atoms with van der Waals surface area (Å²) in [5, 5.41) is 11.9. The van der Waals surface area contributed by atoms with Crippen molar-refractivity contribution in [3.8, 4) is 5.75 Å². The van der Waals surface area contributed by atoms with Crippen LogP contribution in [0.3, 0.4) is 0 Å². The molecule has 14 heavy (non-hydrogen) atoms. The average molecular weight is 260 g/mol. The van der Waals surface area contributed by atoms with E-state index in [1.54, 1.807) is 12.1 Å². The average Bonchev–Trinajstić information content (AvgIpc) is 2.12. The van der Waals surface area contributed by atoms with E-state index in [1.807, 2.05) is 0 Å². The highest BCUT2D eigenvalue weighted by molar-refractivity contribution is 9.10. The van der Waals surface area contributed by atoms with Crippen LogP contribution in [0.15, 0.2) is 22.7 Å². The Hall–Kier alpha value is -1.07. The third-order valence-electron chi connectivity index (χ3n) is 1.51. The smallest absolute Gasteiger partial charge is 0.250 e. The largest absolute Gasteiger partial charge is 0.507 e. The van der Waals surface area contributed by atoms with Crippen LogP contribution in [-0.2, 0) is 9.53 Å². The van der Waals surface area contributed by atoms with Gasteiger partial charge < -0.3 is 15.2 Å². The van der Waals surface area contributed by atoms with Gasteiger partial charge in [0.2, 0.25) is 5.91 Å². The topological polar surface area (TPSA) is 58.6 Å². The van der Waals surface area contributed by atoms with Crippen molar-refractivity contribution in [2.24, 2.45) is 0 Å². The quantitative estimate of drug-likeness (QED) is 0.870. The van der Waals surface area contributed by atoms with Crippen LogP contribution in [0.2, 0.25) is 0 Å². The Kier molecular flexibility index (Phi) is 3.91. The molecule has 5 heteroatoms. The van der Waals surface area contributed by atoms with Crippen molar-refractivity contribution in [2.75, 3.05) is 19.0 Å². The minimum atomic E-state index is -0.255. The molecule has 0 radical (unpaired) electrons. The summed E-state index contributed by atoms with van der Waals surface area (Å²) in [7, 11) is 1.44. The number of nitrogens with one attached hydrogen (secondary N) is 1. The lowest BCUT2D eigenvalue weighted by Crippen LogP contribution is -2.16. The number of carbonyl (C=O) groups is 1. The number of amides is 1. The van der Waals surface area contributed by atoms with Gasteiger partial charge in [-0.05, 0) is 28.1 Å². The number of phenols is 1. The standard InChI is InChI=1S/C9H10BrNO3/c1-14-5-9(13)11-6-2-3-7(10)8(12)4-6/h2-4,12H,5H2,1H3,(H,11,13). The maximum atomic E-state index is 11.1. The number of anilines is 1. The third kappa shape index (κ3) is 3.01. The molecule has 0 aliphatic heterocycles. The summed E-state index contributed by atoms with van der Waals surface area (Å²) in [6.07, 6.45) is 0. The summed E-state index contributed by atoms with van der Waals surface area (Å²) >= 11 is 3.14. The molecular weight excluding hydrogens is 250 g/mol. The first-order chi connectivity index (χ1) is 6.63. The SMILES string of the molecule is COCC(=O)Nc1ccc(Br)c(O)c1. The van der Waals surface area contributed by atoms with Crippen LogP contribution in [0.4, 0.5) is 5.69 Å². The van der Waals surface area contributed by atoms with Gasteiger partial charge in [-0.2, -0.15) is 0 Å². The highest BCUT2D eigenvalue weighted by Crippen LogP contribution is 2.26. The van der Waals surface area contributed by atoms with Crippen LogP contribution in [-0.4, -0.2) is 24.7 Å². The Balaban J connectivity index is 2.68. The molecule has 0 atom stereocenters. The van der Waals surface area contributed by atoms with Crippen molar-refractivity contribution in [2.45, 2.75) is 0 Å². The summed E-state index contributed by atoms with van der Waals surface area (Å²) in [5.41, 5.74) is 0.535. The zero-order valence-electron chi connectivity index (χ0n) is 7.58. The van der Waals surface area contributed by atoms with Crippen LogP contribution >= 0.6 is 15.9 Å². The predicted molar refractivity (Wildman–Crippen MR) is 56.3 cm³/mol. The Labute approximate surface area is 90.0 Å². The van der Waals surface area contributed by atoms with E-state index in [0.717, 1.165) is 0 Å². The van der Waals surface area contributed by atoms with Gasteiger partial charge in [0.25, 0.3) is 0 Å².